The van der Waals surface area contributed by atoms with Crippen LogP contribution in [0.4, 0.5) is 14.5 Å². The highest BCUT2D eigenvalue weighted by Crippen LogP contribution is 2.37. The molecule has 1 aliphatic rings. The lowest BCUT2D eigenvalue weighted by molar-refractivity contribution is -0.145. The van der Waals surface area contributed by atoms with Crippen molar-refractivity contribution in [2.75, 3.05) is 11.4 Å². The molecule has 0 bridgehead atoms. The standard InChI is InChI=1S/C27H27F2N3O6/c1-2-23(27(35)36)38-25-21(29)13-20(28)24(31-25)37-19-11-17(16-6-3-5-15(9-16)14-30)10-18(12-19)32-8-4-7-22(32)26(33)34/h3,5-6,9-13,22-23H,2,4,7-8,14,30H2,1H3,(H,33,34)(H,35,36)/t22-,23-/m1/s1. The second kappa shape index (κ2) is 11.4. The Morgan fingerprint density at radius 3 is 2.55 bits per heavy atom. The van der Waals surface area contributed by atoms with Crippen molar-refractivity contribution in [2.45, 2.75) is 44.9 Å². The van der Waals surface area contributed by atoms with E-state index in [1.54, 1.807) is 17.0 Å². The van der Waals surface area contributed by atoms with Crippen LogP contribution in [0.2, 0.25) is 0 Å². The van der Waals surface area contributed by atoms with Crippen LogP contribution in [0.15, 0.2) is 48.5 Å². The zero-order valence-corrected chi connectivity index (χ0v) is 20.6. The zero-order valence-electron chi connectivity index (χ0n) is 20.6. The van der Waals surface area contributed by atoms with E-state index in [4.69, 9.17) is 15.2 Å². The molecule has 1 saturated heterocycles. The Bertz CT molecular complexity index is 1350. The van der Waals surface area contributed by atoms with Crippen molar-refractivity contribution in [3.63, 3.8) is 0 Å². The van der Waals surface area contributed by atoms with Gasteiger partial charge in [0, 0.05) is 30.9 Å². The number of carboxylic acids is 2. The van der Waals surface area contributed by atoms with Crippen LogP contribution in [-0.4, -0.2) is 45.8 Å². The first-order chi connectivity index (χ1) is 18.2. The molecule has 2 heterocycles. The molecule has 0 saturated carbocycles. The Balaban J connectivity index is 1.76. The number of hydrogen-bond donors (Lipinski definition) is 3. The lowest BCUT2D eigenvalue weighted by Crippen LogP contribution is -2.35. The third-order valence-electron chi connectivity index (χ3n) is 6.24. The number of rotatable bonds is 10. The number of aliphatic carboxylic acids is 2. The van der Waals surface area contributed by atoms with Crippen molar-refractivity contribution in [1.82, 2.24) is 4.98 Å². The summed E-state index contributed by atoms with van der Waals surface area (Å²) in [6.45, 7) is 2.34. The molecule has 4 N–H and O–H groups in total. The number of carbonyl (C=O) groups is 2. The number of nitrogens with zero attached hydrogens (tertiary/aromatic N) is 2. The summed E-state index contributed by atoms with van der Waals surface area (Å²) in [6.07, 6.45) is -0.215. The third kappa shape index (κ3) is 5.83. The molecular weight excluding hydrogens is 500 g/mol. The minimum atomic E-state index is -1.39. The van der Waals surface area contributed by atoms with Gasteiger partial charge in [0.05, 0.1) is 0 Å². The molecule has 1 aromatic heterocycles. The van der Waals surface area contributed by atoms with E-state index >= 15 is 0 Å². The Kier molecular flexibility index (Phi) is 8.06. The summed E-state index contributed by atoms with van der Waals surface area (Å²) in [5.74, 6) is -5.82. The molecular formula is C27H27F2N3O6. The smallest absolute Gasteiger partial charge is 0.344 e. The van der Waals surface area contributed by atoms with E-state index in [0.29, 0.717) is 43.2 Å². The fraction of sp³-hybridized carbons (Fsp3) is 0.296. The average Bonchev–Trinajstić information content (AvgIpc) is 3.40. The van der Waals surface area contributed by atoms with E-state index in [1.807, 2.05) is 30.3 Å². The molecule has 9 nitrogen and oxygen atoms in total. The van der Waals surface area contributed by atoms with Crippen LogP contribution in [0.5, 0.6) is 17.5 Å². The van der Waals surface area contributed by atoms with Gasteiger partial charge in [0.1, 0.15) is 11.8 Å². The molecule has 4 rings (SSSR count). The van der Waals surface area contributed by atoms with Crippen LogP contribution in [0.25, 0.3) is 11.1 Å². The predicted octanol–water partition coefficient (Wildman–Crippen LogP) is 4.57. The van der Waals surface area contributed by atoms with E-state index in [9.17, 15) is 28.6 Å². The maximum absolute atomic E-state index is 14.7. The summed E-state index contributed by atoms with van der Waals surface area (Å²) in [4.78, 5) is 28.6. The zero-order chi connectivity index (χ0) is 27.4. The van der Waals surface area contributed by atoms with Crippen LogP contribution >= 0.6 is 0 Å². The fourth-order valence-corrected chi connectivity index (χ4v) is 4.33. The highest BCUT2D eigenvalue weighted by Gasteiger charge is 2.31. The average molecular weight is 528 g/mol. The Morgan fingerprint density at radius 2 is 1.87 bits per heavy atom. The van der Waals surface area contributed by atoms with E-state index < -0.39 is 47.5 Å². The van der Waals surface area contributed by atoms with Crippen molar-refractivity contribution in [1.29, 1.82) is 0 Å². The van der Waals surface area contributed by atoms with Gasteiger partial charge in [-0.2, -0.15) is 4.98 Å². The first-order valence-corrected chi connectivity index (χ1v) is 12.1. The number of carboxylic acid groups (broad SMARTS) is 2. The summed E-state index contributed by atoms with van der Waals surface area (Å²) in [5, 5.41) is 18.9. The fourth-order valence-electron chi connectivity index (χ4n) is 4.33. The summed E-state index contributed by atoms with van der Waals surface area (Å²) in [7, 11) is 0. The van der Waals surface area contributed by atoms with Crippen LogP contribution < -0.4 is 20.1 Å². The number of benzene rings is 2. The number of halogens is 2. The molecule has 11 heteroatoms. The number of nitrogens with two attached hydrogens (primary N) is 1. The maximum atomic E-state index is 14.7. The molecule has 3 aromatic rings. The van der Waals surface area contributed by atoms with Crippen molar-refractivity contribution < 1.29 is 38.1 Å². The first kappa shape index (κ1) is 26.8. The highest BCUT2D eigenvalue weighted by molar-refractivity contribution is 5.81. The topological polar surface area (TPSA) is 135 Å². The Hall–Kier alpha value is -4.25. The molecule has 0 aliphatic carbocycles. The van der Waals surface area contributed by atoms with Gasteiger partial charge < -0.3 is 30.3 Å². The predicted molar refractivity (Wildman–Crippen MR) is 134 cm³/mol. The van der Waals surface area contributed by atoms with Crippen LogP contribution in [0.1, 0.15) is 31.7 Å². The molecule has 38 heavy (non-hydrogen) atoms. The minimum absolute atomic E-state index is 0.0257. The van der Waals surface area contributed by atoms with Gasteiger partial charge in [-0.1, -0.05) is 25.1 Å². The number of ether oxygens (including phenoxy) is 2. The summed E-state index contributed by atoms with van der Waals surface area (Å²) in [5.41, 5.74) is 8.62. The number of aromatic nitrogens is 1. The number of pyridine rings is 1. The van der Waals surface area contributed by atoms with Gasteiger partial charge in [-0.05, 0) is 54.2 Å². The molecule has 0 unspecified atom stereocenters. The van der Waals surface area contributed by atoms with E-state index in [1.165, 1.54) is 6.92 Å². The molecule has 0 spiro atoms. The Labute approximate surface area is 217 Å². The molecule has 2 atom stereocenters. The third-order valence-corrected chi connectivity index (χ3v) is 6.24. The van der Waals surface area contributed by atoms with Gasteiger partial charge in [-0.15, -0.1) is 0 Å². The monoisotopic (exact) mass is 527 g/mol. The van der Waals surface area contributed by atoms with Gasteiger partial charge in [0.2, 0.25) is 0 Å². The molecule has 1 fully saturated rings. The van der Waals surface area contributed by atoms with Gasteiger partial charge in [-0.25, -0.2) is 18.4 Å². The van der Waals surface area contributed by atoms with Crippen molar-refractivity contribution >= 4 is 17.6 Å². The van der Waals surface area contributed by atoms with Gasteiger partial charge in [-0.3, -0.25) is 0 Å². The summed E-state index contributed by atoms with van der Waals surface area (Å²) in [6, 6.07) is 12.2. The minimum Gasteiger partial charge on any atom is -0.480 e. The molecule has 0 radical (unpaired) electrons. The molecule has 1 aliphatic heterocycles. The van der Waals surface area contributed by atoms with Crippen LogP contribution in [-0.2, 0) is 16.1 Å². The molecule has 2 aromatic carbocycles. The molecule has 0 amide bonds. The highest BCUT2D eigenvalue weighted by atomic mass is 19.1. The second-order valence-electron chi connectivity index (χ2n) is 8.83. The van der Waals surface area contributed by atoms with Crippen molar-refractivity contribution in [3.8, 4) is 28.6 Å². The lowest BCUT2D eigenvalue weighted by atomic mass is 10.0. The summed E-state index contributed by atoms with van der Waals surface area (Å²) >= 11 is 0. The normalized spacial score (nSPS) is 15.8. The molecule has 200 valence electrons. The number of hydrogen-bond acceptors (Lipinski definition) is 7. The van der Waals surface area contributed by atoms with Gasteiger partial charge in [0.15, 0.2) is 17.7 Å². The first-order valence-electron chi connectivity index (χ1n) is 12.1. The van der Waals surface area contributed by atoms with Crippen molar-refractivity contribution in [3.05, 3.63) is 65.7 Å². The van der Waals surface area contributed by atoms with Gasteiger partial charge >= 0.3 is 11.9 Å². The lowest BCUT2D eigenvalue weighted by Gasteiger charge is -2.25. The van der Waals surface area contributed by atoms with E-state index in [-0.39, 0.29) is 12.2 Å². The Morgan fingerprint density at radius 1 is 1.11 bits per heavy atom. The quantitative estimate of drug-likeness (QED) is 0.346. The summed E-state index contributed by atoms with van der Waals surface area (Å²) < 4.78 is 39.9. The maximum Gasteiger partial charge on any atom is 0.344 e. The van der Waals surface area contributed by atoms with Crippen LogP contribution in [0.3, 0.4) is 0 Å². The van der Waals surface area contributed by atoms with Crippen molar-refractivity contribution in [2.24, 2.45) is 5.73 Å². The second-order valence-corrected chi connectivity index (χ2v) is 8.83. The van der Waals surface area contributed by atoms with Crippen LogP contribution in [0, 0.1) is 11.6 Å². The largest absolute Gasteiger partial charge is 0.480 e. The van der Waals surface area contributed by atoms with E-state index in [2.05, 4.69) is 4.98 Å². The SMILES string of the molecule is CC[C@@H](Oc1nc(Oc2cc(-c3cccc(CN)c3)cc(N3CCC[C@@H]3C(=O)O)c2)c(F)cc1F)C(=O)O. The number of anilines is 1. The van der Waals surface area contributed by atoms with Gasteiger partial charge in [0.25, 0.3) is 11.8 Å². The van der Waals surface area contributed by atoms with E-state index in [0.717, 1.165) is 11.1 Å².